The number of nitrogens with zero attached hydrogens (tertiary/aromatic N) is 2. The number of piperidine rings is 1. The summed E-state index contributed by atoms with van der Waals surface area (Å²) in [6.07, 6.45) is 7.27. The third-order valence-electron chi connectivity index (χ3n) is 8.44. The molecule has 0 aliphatic carbocycles. The number of urea groups is 1. The number of fused-ring (bicyclic) bond motifs is 1. The van der Waals surface area contributed by atoms with Gasteiger partial charge < -0.3 is 29.7 Å². The van der Waals surface area contributed by atoms with E-state index in [-0.39, 0.29) is 11.4 Å². The molecule has 2 heterocycles. The number of aromatic nitrogens is 1. The molecule has 0 radical (unpaired) electrons. The molecule has 5 rings (SSSR count). The molecule has 0 saturated carbocycles. The highest BCUT2D eigenvalue weighted by Gasteiger charge is 2.19. The molecule has 0 spiro atoms. The van der Waals surface area contributed by atoms with E-state index in [2.05, 4.69) is 71.6 Å². The maximum atomic E-state index is 12.2. The van der Waals surface area contributed by atoms with E-state index in [0.717, 1.165) is 49.3 Å². The molecule has 0 bridgehead atoms. The average molecular weight is 625 g/mol. The van der Waals surface area contributed by atoms with Gasteiger partial charge in [-0.2, -0.15) is 0 Å². The van der Waals surface area contributed by atoms with Gasteiger partial charge >= 0.3 is 6.03 Å². The summed E-state index contributed by atoms with van der Waals surface area (Å²) in [5.41, 5.74) is 3.07. The number of amides is 2. The molecule has 1 aromatic heterocycles. The highest BCUT2D eigenvalue weighted by Crippen LogP contribution is 2.37. The van der Waals surface area contributed by atoms with E-state index in [4.69, 9.17) is 14.2 Å². The van der Waals surface area contributed by atoms with Gasteiger partial charge in [0.1, 0.15) is 11.5 Å². The van der Waals surface area contributed by atoms with Gasteiger partial charge in [-0.15, -0.1) is 0 Å². The fourth-order valence-corrected chi connectivity index (χ4v) is 5.78. The first kappa shape index (κ1) is 33.1. The SMILES string of the molecule is COc1cc2c(Oc3ccc(NC(=O)NCCC(C)(C)C)cc3)ccnc2cc1OCCCN1CCC(Cc2ccccc2)CC1. The molecule has 244 valence electrons. The number of pyridine rings is 1. The molecule has 1 aliphatic rings. The molecule has 46 heavy (non-hydrogen) atoms. The average Bonchev–Trinajstić information content (AvgIpc) is 3.04. The maximum absolute atomic E-state index is 12.2. The largest absolute Gasteiger partial charge is 0.493 e. The molecule has 1 fully saturated rings. The van der Waals surface area contributed by atoms with Crippen molar-refractivity contribution in [2.75, 3.05) is 45.2 Å². The first-order valence-corrected chi connectivity index (χ1v) is 16.4. The van der Waals surface area contributed by atoms with E-state index < -0.39 is 0 Å². The van der Waals surface area contributed by atoms with E-state index in [1.54, 1.807) is 13.3 Å². The van der Waals surface area contributed by atoms with Crippen LogP contribution in [0.5, 0.6) is 23.0 Å². The summed E-state index contributed by atoms with van der Waals surface area (Å²) in [5.74, 6) is 3.40. The number of carbonyl (C=O) groups excluding carboxylic acids is 1. The second kappa shape index (κ2) is 15.8. The number of methoxy groups -OCH3 is 1. The fourth-order valence-electron chi connectivity index (χ4n) is 5.78. The summed E-state index contributed by atoms with van der Waals surface area (Å²) in [7, 11) is 1.65. The Labute approximate surface area is 273 Å². The van der Waals surface area contributed by atoms with Crippen molar-refractivity contribution in [1.82, 2.24) is 15.2 Å². The van der Waals surface area contributed by atoms with E-state index in [1.165, 1.54) is 24.8 Å². The molecular formula is C38H48N4O4. The van der Waals surface area contributed by atoms with E-state index in [9.17, 15) is 4.79 Å². The Balaban J connectivity index is 1.11. The smallest absolute Gasteiger partial charge is 0.319 e. The van der Waals surface area contributed by atoms with Crippen LogP contribution in [0.2, 0.25) is 0 Å². The topological polar surface area (TPSA) is 85.0 Å². The van der Waals surface area contributed by atoms with Crippen molar-refractivity contribution in [2.24, 2.45) is 11.3 Å². The molecule has 2 amide bonds. The number of rotatable bonds is 13. The minimum atomic E-state index is -0.220. The molecule has 0 atom stereocenters. The molecule has 3 aromatic carbocycles. The van der Waals surface area contributed by atoms with Gasteiger partial charge in [0, 0.05) is 36.4 Å². The number of anilines is 1. The zero-order valence-electron chi connectivity index (χ0n) is 27.7. The monoisotopic (exact) mass is 624 g/mol. The second-order valence-electron chi connectivity index (χ2n) is 13.3. The van der Waals surface area contributed by atoms with Crippen molar-refractivity contribution in [3.8, 4) is 23.0 Å². The lowest BCUT2D eigenvalue weighted by molar-refractivity contribution is 0.170. The highest BCUT2D eigenvalue weighted by atomic mass is 16.5. The summed E-state index contributed by atoms with van der Waals surface area (Å²) < 4.78 is 18.1. The summed E-state index contributed by atoms with van der Waals surface area (Å²) >= 11 is 0. The van der Waals surface area contributed by atoms with Crippen molar-refractivity contribution >= 4 is 22.6 Å². The Morgan fingerprint density at radius 3 is 2.43 bits per heavy atom. The highest BCUT2D eigenvalue weighted by molar-refractivity contribution is 5.89. The van der Waals surface area contributed by atoms with Crippen LogP contribution in [0, 0.1) is 11.3 Å². The number of benzene rings is 3. The molecular weight excluding hydrogens is 576 g/mol. The Bertz CT molecular complexity index is 1550. The lowest BCUT2D eigenvalue weighted by Gasteiger charge is -2.32. The Morgan fingerprint density at radius 2 is 1.72 bits per heavy atom. The van der Waals surface area contributed by atoms with Gasteiger partial charge in [0.2, 0.25) is 0 Å². The quantitative estimate of drug-likeness (QED) is 0.146. The predicted octanol–water partition coefficient (Wildman–Crippen LogP) is 8.32. The van der Waals surface area contributed by atoms with E-state index in [0.29, 0.717) is 41.8 Å². The van der Waals surface area contributed by atoms with Crippen molar-refractivity contribution in [2.45, 2.75) is 52.9 Å². The number of hydrogen-bond acceptors (Lipinski definition) is 6. The zero-order valence-corrected chi connectivity index (χ0v) is 27.7. The number of carbonyl (C=O) groups is 1. The third kappa shape index (κ3) is 9.85. The van der Waals surface area contributed by atoms with E-state index >= 15 is 0 Å². The van der Waals surface area contributed by atoms with E-state index in [1.807, 2.05) is 42.5 Å². The lowest BCUT2D eigenvalue weighted by atomic mass is 9.90. The van der Waals surface area contributed by atoms with Crippen LogP contribution in [-0.2, 0) is 6.42 Å². The summed E-state index contributed by atoms with van der Waals surface area (Å²) in [4.78, 5) is 19.4. The summed E-state index contributed by atoms with van der Waals surface area (Å²) in [5, 5.41) is 6.60. The summed E-state index contributed by atoms with van der Waals surface area (Å²) in [6.45, 7) is 11.0. The van der Waals surface area contributed by atoms with Crippen molar-refractivity contribution in [1.29, 1.82) is 0 Å². The Morgan fingerprint density at radius 1 is 0.957 bits per heavy atom. The van der Waals surface area contributed by atoms with Crippen LogP contribution in [0.1, 0.15) is 52.0 Å². The van der Waals surface area contributed by atoms with Gasteiger partial charge in [-0.25, -0.2) is 4.79 Å². The third-order valence-corrected chi connectivity index (χ3v) is 8.44. The Kier molecular flexibility index (Phi) is 11.4. The van der Waals surface area contributed by atoms with Crippen LogP contribution in [0.4, 0.5) is 10.5 Å². The van der Waals surface area contributed by atoms with Crippen LogP contribution in [0.15, 0.2) is 79.0 Å². The Hall–Kier alpha value is -4.30. The predicted molar refractivity (Wildman–Crippen MR) is 185 cm³/mol. The van der Waals surface area contributed by atoms with Crippen LogP contribution in [0.3, 0.4) is 0 Å². The fraction of sp³-hybridized carbons (Fsp3) is 0.421. The minimum Gasteiger partial charge on any atom is -0.493 e. The molecule has 0 unspecified atom stereocenters. The normalized spacial score (nSPS) is 14.2. The molecule has 1 aliphatic heterocycles. The molecule has 2 N–H and O–H groups in total. The number of likely N-dealkylation sites (tertiary alicyclic amines) is 1. The maximum Gasteiger partial charge on any atom is 0.319 e. The molecule has 4 aromatic rings. The number of ether oxygens (including phenoxy) is 3. The lowest BCUT2D eigenvalue weighted by Crippen LogP contribution is -2.35. The van der Waals surface area contributed by atoms with Gasteiger partial charge in [-0.3, -0.25) is 4.98 Å². The zero-order chi connectivity index (χ0) is 32.4. The number of hydrogen-bond donors (Lipinski definition) is 2. The van der Waals surface area contributed by atoms with Crippen LogP contribution < -0.4 is 24.8 Å². The molecule has 8 heteroatoms. The standard InChI is InChI=1S/C38H48N4O4/c1-38(2,3)18-20-40-37(43)41-30-11-13-31(14-12-30)46-34-15-19-39-33-27-36(35(44-4)26-32(33)34)45-24-8-21-42-22-16-29(17-23-42)25-28-9-6-5-7-10-28/h5-7,9-15,19,26-27,29H,8,16-18,20-25H2,1-4H3,(H2,40,41,43). The summed E-state index contributed by atoms with van der Waals surface area (Å²) in [6, 6.07) is 23.6. The van der Waals surface area contributed by atoms with Crippen LogP contribution >= 0.6 is 0 Å². The van der Waals surface area contributed by atoms with Crippen molar-refractivity contribution in [3.05, 3.63) is 84.6 Å². The molecule has 1 saturated heterocycles. The first-order valence-electron chi connectivity index (χ1n) is 16.4. The van der Waals surface area contributed by atoms with Gasteiger partial charge in [-0.1, -0.05) is 51.1 Å². The van der Waals surface area contributed by atoms with Gasteiger partial charge in [0.25, 0.3) is 0 Å². The van der Waals surface area contributed by atoms with Gasteiger partial charge in [0.15, 0.2) is 11.5 Å². The second-order valence-corrected chi connectivity index (χ2v) is 13.3. The minimum absolute atomic E-state index is 0.170. The van der Waals surface area contributed by atoms with Crippen molar-refractivity contribution < 1.29 is 19.0 Å². The van der Waals surface area contributed by atoms with Crippen LogP contribution in [-0.4, -0.2) is 55.8 Å². The van der Waals surface area contributed by atoms with Gasteiger partial charge in [0.05, 0.1) is 19.2 Å². The van der Waals surface area contributed by atoms with Crippen LogP contribution in [0.25, 0.3) is 10.9 Å². The number of nitrogens with one attached hydrogen (secondary N) is 2. The van der Waals surface area contributed by atoms with Crippen molar-refractivity contribution in [3.63, 3.8) is 0 Å². The first-order chi connectivity index (χ1) is 22.3. The molecule has 8 nitrogen and oxygen atoms in total. The van der Waals surface area contributed by atoms with Gasteiger partial charge in [-0.05, 0) is 98.5 Å².